The average molecular weight is 267 g/mol. The Morgan fingerprint density at radius 1 is 0.950 bits per heavy atom. The van der Waals surface area contributed by atoms with E-state index < -0.39 is 0 Å². The minimum absolute atomic E-state index is 0.406. The van der Waals surface area contributed by atoms with E-state index in [0.717, 1.165) is 6.42 Å². The number of rotatable bonds is 6. The van der Waals surface area contributed by atoms with E-state index in [2.05, 4.69) is 80.7 Å². The first-order valence-corrected chi connectivity index (χ1v) is 7.51. The molecule has 1 N–H and O–H groups in total. The Hall–Kier alpha value is -1.60. The smallest absolute Gasteiger partial charge is 0.0294 e. The lowest BCUT2D eigenvalue weighted by molar-refractivity contribution is 0.456. The van der Waals surface area contributed by atoms with Crippen molar-refractivity contribution in [3.8, 4) is 0 Å². The van der Waals surface area contributed by atoms with Gasteiger partial charge in [-0.05, 0) is 44.7 Å². The van der Waals surface area contributed by atoms with Crippen LogP contribution >= 0.6 is 0 Å². The second-order valence-corrected chi connectivity index (χ2v) is 5.73. The van der Waals surface area contributed by atoms with Gasteiger partial charge in [-0.3, -0.25) is 0 Å². The van der Waals surface area contributed by atoms with Crippen molar-refractivity contribution >= 4 is 0 Å². The molecule has 0 saturated heterocycles. The molecule has 2 aromatic carbocycles. The number of hydrogen-bond donors (Lipinski definition) is 1. The van der Waals surface area contributed by atoms with E-state index in [1.165, 1.54) is 23.1 Å². The minimum Gasteiger partial charge on any atom is -0.308 e. The molecular formula is C19H25N. The highest BCUT2D eigenvalue weighted by Gasteiger charge is 2.09. The first-order chi connectivity index (χ1) is 9.65. The summed E-state index contributed by atoms with van der Waals surface area (Å²) < 4.78 is 0. The van der Waals surface area contributed by atoms with Gasteiger partial charge in [-0.2, -0.15) is 0 Å². The molecule has 0 aliphatic heterocycles. The van der Waals surface area contributed by atoms with Crippen LogP contribution < -0.4 is 5.32 Å². The van der Waals surface area contributed by atoms with Gasteiger partial charge in [-0.1, -0.05) is 60.2 Å². The van der Waals surface area contributed by atoms with E-state index in [-0.39, 0.29) is 0 Å². The molecular weight excluding hydrogens is 242 g/mol. The Morgan fingerprint density at radius 3 is 2.40 bits per heavy atom. The van der Waals surface area contributed by atoms with Crippen molar-refractivity contribution < 1.29 is 0 Å². The molecule has 1 nitrogen and oxygen atoms in total. The summed E-state index contributed by atoms with van der Waals surface area (Å²) in [6.45, 7) is 6.66. The van der Waals surface area contributed by atoms with Gasteiger partial charge in [-0.25, -0.2) is 0 Å². The largest absolute Gasteiger partial charge is 0.308 e. The van der Waals surface area contributed by atoms with Crippen LogP contribution in [0, 0.1) is 6.92 Å². The Labute approximate surface area is 123 Å². The van der Waals surface area contributed by atoms with Crippen molar-refractivity contribution in [1.29, 1.82) is 0 Å². The van der Waals surface area contributed by atoms with E-state index in [0.29, 0.717) is 12.1 Å². The molecule has 0 heterocycles. The number of hydrogen-bond acceptors (Lipinski definition) is 1. The summed E-state index contributed by atoms with van der Waals surface area (Å²) >= 11 is 0. The van der Waals surface area contributed by atoms with Crippen LogP contribution in [0.25, 0.3) is 0 Å². The van der Waals surface area contributed by atoms with Crippen LogP contribution in [0.4, 0.5) is 0 Å². The van der Waals surface area contributed by atoms with Crippen LogP contribution in [-0.2, 0) is 6.42 Å². The zero-order valence-electron chi connectivity index (χ0n) is 12.8. The van der Waals surface area contributed by atoms with Crippen molar-refractivity contribution in [2.24, 2.45) is 0 Å². The maximum atomic E-state index is 3.68. The monoisotopic (exact) mass is 267 g/mol. The SMILES string of the molecule is Cc1cccc(CCC(C)N[C@@H](C)c2ccccc2)c1. The van der Waals surface area contributed by atoms with Crippen LogP contribution in [0.5, 0.6) is 0 Å². The first kappa shape index (κ1) is 14.8. The molecule has 0 aliphatic carbocycles. The van der Waals surface area contributed by atoms with Gasteiger partial charge in [0.2, 0.25) is 0 Å². The summed E-state index contributed by atoms with van der Waals surface area (Å²) in [5.74, 6) is 0. The summed E-state index contributed by atoms with van der Waals surface area (Å²) in [5, 5.41) is 3.68. The van der Waals surface area contributed by atoms with E-state index >= 15 is 0 Å². The van der Waals surface area contributed by atoms with Gasteiger partial charge < -0.3 is 5.32 Å². The predicted octanol–water partition coefficient (Wildman–Crippen LogP) is 4.67. The fourth-order valence-electron chi connectivity index (χ4n) is 2.60. The fourth-order valence-corrected chi connectivity index (χ4v) is 2.60. The maximum Gasteiger partial charge on any atom is 0.0294 e. The topological polar surface area (TPSA) is 12.0 Å². The molecule has 2 atom stereocenters. The third kappa shape index (κ3) is 4.50. The van der Waals surface area contributed by atoms with Crippen LogP contribution in [0.15, 0.2) is 54.6 Å². The third-order valence-corrected chi connectivity index (χ3v) is 3.78. The summed E-state index contributed by atoms with van der Waals surface area (Å²) in [5.41, 5.74) is 4.14. The summed E-state index contributed by atoms with van der Waals surface area (Å²) in [4.78, 5) is 0. The molecule has 0 fully saturated rings. The molecule has 2 rings (SSSR count). The highest BCUT2D eigenvalue weighted by molar-refractivity contribution is 5.22. The molecule has 0 aliphatic rings. The number of benzene rings is 2. The quantitative estimate of drug-likeness (QED) is 0.802. The van der Waals surface area contributed by atoms with Gasteiger partial charge in [0.05, 0.1) is 0 Å². The fraction of sp³-hybridized carbons (Fsp3) is 0.368. The van der Waals surface area contributed by atoms with Crippen molar-refractivity contribution in [2.75, 3.05) is 0 Å². The standard InChI is InChI=1S/C19H25N/c1-15-8-7-9-18(14-15)13-12-16(2)20-17(3)19-10-5-4-6-11-19/h4-11,14,16-17,20H,12-13H2,1-3H3/t16?,17-/m0/s1. The Morgan fingerprint density at radius 2 is 1.70 bits per heavy atom. The van der Waals surface area contributed by atoms with Gasteiger partial charge >= 0.3 is 0 Å². The lowest BCUT2D eigenvalue weighted by Crippen LogP contribution is -2.29. The molecule has 0 bridgehead atoms. The molecule has 1 unspecified atom stereocenters. The van der Waals surface area contributed by atoms with Crippen LogP contribution in [0.1, 0.15) is 43.0 Å². The zero-order valence-corrected chi connectivity index (χ0v) is 12.8. The van der Waals surface area contributed by atoms with Crippen LogP contribution in [0.3, 0.4) is 0 Å². The lowest BCUT2D eigenvalue weighted by atomic mass is 10.0. The van der Waals surface area contributed by atoms with E-state index in [4.69, 9.17) is 0 Å². The average Bonchev–Trinajstić information content (AvgIpc) is 2.46. The van der Waals surface area contributed by atoms with Crippen LogP contribution in [-0.4, -0.2) is 6.04 Å². The lowest BCUT2D eigenvalue weighted by Gasteiger charge is -2.20. The second kappa shape index (κ2) is 7.25. The highest BCUT2D eigenvalue weighted by atomic mass is 14.9. The van der Waals surface area contributed by atoms with Gasteiger partial charge in [0, 0.05) is 12.1 Å². The van der Waals surface area contributed by atoms with Crippen molar-refractivity contribution in [3.05, 3.63) is 71.3 Å². The molecule has 106 valence electrons. The molecule has 0 saturated carbocycles. The molecule has 2 aromatic rings. The number of nitrogens with one attached hydrogen (secondary N) is 1. The molecule has 0 amide bonds. The molecule has 20 heavy (non-hydrogen) atoms. The van der Waals surface area contributed by atoms with Crippen molar-refractivity contribution in [2.45, 2.75) is 45.7 Å². The maximum absolute atomic E-state index is 3.68. The third-order valence-electron chi connectivity index (χ3n) is 3.78. The van der Waals surface area contributed by atoms with Gasteiger partial charge in [0.25, 0.3) is 0 Å². The molecule has 0 radical (unpaired) electrons. The van der Waals surface area contributed by atoms with Crippen molar-refractivity contribution in [3.63, 3.8) is 0 Å². The Bertz CT molecular complexity index is 518. The highest BCUT2D eigenvalue weighted by Crippen LogP contribution is 2.14. The van der Waals surface area contributed by atoms with E-state index in [1.807, 2.05) is 0 Å². The predicted molar refractivity (Wildman–Crippen MR) is 87.0 cm³/mol. The molecule has 0 aromatic heterocycles. The van der Waals surface area contributed by atoms with Gasteiger partial charge in [-0.15, -0.1) is 0 Å². The Kier molecular flexibility index (Phi) is 5.37. The Balaban J connectivity index is 1.82. The summed E-state index contributed by atoms with van der Waals surface area (Å²) in [6, 6.07) is 20.4. The summed E-state index contributed by atoms with van der Waals surface area (Å²) in [6.07, 6.45) is 2.30. The minimum atomic E-state index is 0.406. The van der Waals surface area contributed by atoms with Crippen LogP contribution in [0.2, 0.25) is 0 Å². The normalized spacial score (nSPS) is 13.9. The number of aryl methyl sites for hydroxylation is 2. The molecule has 1 heteroatoms. The van der Waals surface area contributed by atoms with E-state index in [1.54, 1.807) is 0 Å². The first-order valence-electron chi connectivity index (χ1n) is 7.51. The zero-order chi connectivity index (χ0) is 14.4. The van der Waals surface area contributed by atoms with Gasteiger partial charge in [0.15, 0.2) is 0 Å². The van der Waals surface area contributed by atoms with Crippen molar-refractivity contribution in [1.82, 2.24) is 5.32 Å². The summed E-state index contributed by atoms with van der Waals surface area (Å²) in [7, 11) is 0. The molecule has 0 spiro atoms. The van der Waals surface area contributed by atoms with Gasteiger partial charge in [0.1, 0.15) is 0 Å². The second-order valence-electron chi connectivity index (χ2n) is 5.73. The van der Waals surface area contributed by atoms with E-state index in [9.17, 15) is 0 Å².